The molecule has 0 fully saturated rings. The molecule has 2 rings (SSSR count). The summed E-state index contributed by atoms with van der Waals surface area (Å²) in [5.41, 5.74) is 3.47. The quantitative estimate of drug-likeness (QED) is 0.640. The Balaban J connectivity index is 1.84. The van der Waals surface area contributed by atoms with Crippen LogP contribution in [0.25, 0.3) is 12.7 Å². The molecule has 0 aliphatic heterocycles. The molecule has 4 heteroatoms. The van der Waals surface area contributed by atoms with Crippen molar-refractivity contribution >= 4 is 12.7 Å². The number of imidazole rings is 1. The highest BCUT2D eigenvalue weighted by Crippen LogP contribution is 2.10. The molecule has 4 nitrogen and oxygen atoms in total. The van der Waals surface area contributed by atoms with Gasteiger partial charge in [0.1, 0.15) is 0 Å². The molecule has 1 aromatic carbocycles. The van der Waals surface area contributed by atoms with Crippen molar-refractivity contribution in [1.29, 1.82) is 0 Å². The lowest BCUT2D eigenvalue weighted by molar-refractivity contribution is 0.513. The molecule has 1 aromatic heterocycles. The summed E-state index contributed by atoms with van der Waals surface area (Å²) in [5.74, 6) is 0.605. The van der Waals surface area contributed by atoms with Gasteiger partial charge in [-0.25, -0.2) is 4.79 Å². The van der Waals surface area contributed by atoms with Gasteiger partial charge in [0.2, 0.25) is 0 Å². The van der Waals surface area contributed by atoms with Crippen LogP contribution in [-0.4, -0.2) is 16.5 Å². The van der Waals surface area contributed by atoms with Crippen LogP contribution in [0.2, 0.25) is 0 Å². The molecule has 0 amide bonds. The molecule has 2 aromatic rings. The lowest BCUT2D eigenvalue weighted by atomic mass is 10.0. The Labute approximate surface area is 155 Å². The molecule has 0 aliphatic carbocycles. The topological polar surface area (TPSA) is 60.7 Å². The van der Waals surface area contributed by atoms with E-state index in [9.17, 15) is 4.79 Å². The zero-order valence-electron chi connectivity index (χ0n) is 15.9. The summed E-state index contributed by atoms with van der Waals surface area (Å²) in [5, 5.41) is 4.74. The van der Waals surface area contributed by atoms with Crippen LogP contribution in [0.3, 0.4) is 0 Å². The predicted molar refractivity (Wildman–Crippen MR) is 110 cm³/mol. The Kier molecular flexibility index (Phi) is 7.27. The maximum Gasteiger partial charge on any atom is 0.323 e. The number of rotatable bonds is 8. The number of H-pyrrole nitrogens is 2. The molecule has 0 saturated carbocycles. The molecule has 3 N–H and O–H groups in total. The number of benzene rings is 1. The van der Waals surface area contributed by atoms with Gasteiger partial charge < -0.3 is 15.3 Å². The minimum absolute atomic E-state index is 0.231. The van der Waals surface area contributed by atoms with Crippen LogP contribution in [-0.2, 0) is 6.42 Å². The Morgan fingerprint density at radius 3 is 2.58 bits per heavy atom. The first-order chi connectivity index (χ1) is 12.5. The Morgan fingerprint density at radius 2 is 1.92 bits per heavy atom. The van der Waals surface area contributed by atoms with E-state index in [0.29, 0.717) is 16.6 Å². The summed E-state index contributed by atoms with van der Waals surface area (Å²) in [6, 6.07) is 10.6. The highest BCUT2D eigenvalue weighted by molar-refractivity contribution is 5.43. The van der Waals surface area contributed by atoms with E-state index in [0.717, 1.165) is 18.5 Å². The third kappa shape index (κ3) is 6.28. The third-order valence-corrected chi connectivity index (χ3v) is 4.51. The van der Waals surface area contributed by atoms with Crippen molar-refractivity contribution in [1.82, 2.24) is 15.3 Å². The van der Waals surface area contributed by atoms with E-state index in [1.807, 2.05) is 12.2 Å². The minimum Gasteiger partial charge on any atom is -0.390 e. The first kappa shape index (κ1) is 19.6. The molecule has 1 heterocycles. The van der Waals surface area contributed by atoms with Crippen molar-refractivity contribution in [2.45, 2.75) is 33.6 Å². The van der Waals surface area contributed by atoms with Crippen LogP contribution >= 0.6 is 0 Å². The van der Waals surface area contributed by atoms with Gasteiger partial charge in [-0.2, -0.15) is 0 Å². The lowest BCUT2D eigenvalue weighted by Gasteiger charge is -2.12. The number of allylic oxidation sites excluding steroid dienone is 3. The van der Waals surface area contributed by atoms with E-state index in [1.165, 1.54) is 17.6 Å². The van der Waals surface area contributed by atoms with Crippen molar-refractivity contribution in [2.75, 3.05) is 6.54 Å². The normalized spacial score (nSPS) is 14.5. The van der Waals surface area contributed by atoms with Crippen molar-refractivity contribution in [3.8, 4) is 0 Å². The van der Waals surface area contributed by atoms with E-state index in [2.05, 4.69) is 79.2 Å². The number of aryl methyl sites for hydroxylation is 1. The predicted octanol–water partition coefficient (Wildman–Crippen LogP) is 2.60. The molecule has 26 heavy (non-hydrogen) atoms. The van der Waals surface area contributed by atoms with Gasteiger partial charge in [-0.05, 0) is 61.6 Å². The smallest absolute Gasteiger partial charge is 0.323 e. The Hall–Kier alpha value is -2.75. The summed E-state index contributed by atoms with van der Waals surface area (Å²) in [6.07, 6.45) is 8.20. The summed E-state index contributed by atoms with van der Waals surface area (Å²) < 4.78 is 0. The summed E-state index contributed by atoms with van der Waals surface area (Å²) in [6.45, 7) is 11.2. The standard InChI is InChI=1S/C22H29N3O/c1-16(10-12-20-8-6-5-7-9-20)14-23-15-18(3)17(2)11-13-21-19(4)24-22(26)25-21/h5-9,11,13,15-16,23H,4,10,12,14H2,1-3H3,(H2,24,25,26)/b17-11+,18-15+,21-13+. The van der Waals surface area contributed by atoms with Crippen LogP contribution < -0.4 is 21.7 Å². The van der Waals surface area contributed by atoms with E-state index in [4.69, 9.17) is 0 Å². The maximum absolute atomic E-state index is 11.2. The molecular weight excluding hydrogens is 322 g/mol. The van der Waals surface area contributed by atoms with E-state index in [-0.39, 0.29) is 5.69 Å². The molecule has 0 spiro atoms. The van der Waals surface area contributed by atoms with Crippen molar-refractivity contribution < 1.29 is 0 Å². The average molecular weight is 351 g/mol. The van der Waals surface area contributed by atoms with E-state index < -0.39 is 0 Å². The fraction of sp³-hybridized carbons (Fsp3) is 0.318. The number of nitrogens with one attached hydrogen (secondary N) is 3. The summed E-state index contributed by atoms with van der Waals surface area (Å²) in [7, 11) is 0. The third-order valence-electron chi connectivity index (χ3n) is 4.51. The average Bonchev–Trinajstić information content (AvgIpc) is 2.96. The number of aromatic nitrogens is 2. The zero-order valence-corrected chi connectivity index (χ0v) is 15.9. The summed E-state index contributed by atoms with van der Waals surface area (Å²) in [4.78, 5) is 16.6. The second-order valence-electron chi connectivity index (χ2n) is 6.85. The second-order valence-corrected chi connectivity index (χ2v) is 6.85. The maximum atomic E-state index is 11.2. The zero-order chi connectivity index (χ0) is 18.9. The Morgan fingerprint density at radius 1 is 1.19 bits per heavy atom. The highest BCUT2D eigenvalue weighted by Gasteiger charge is 2.02. The van der Waals surface area contributed by atoms with Crippen LogP contribution in [0.4, 0.5) is 0 Å². The van der Waals surface area contributed by atoms with Crippen molar-refractivity contribution in [3.63, 3.8) is 0 Å². The van der Waals surface area contributed by atoms with Gasteiger partial charge in [-0.3, -0.25) is 0 Å². The second kappa shape index (κ2) is 9.66. The molecule has 1 atom stereocenters. The fourth-order valence-corrected chi connectivity index (χ4v) is 2.60. The first-order valence-electron chi connectivity index (χ1n) is 9.06. The molecule has 138 valence electrons. The number of aromatic amines is 2. The van der Waals surface area contributed by atoms with Gasteiger partial charge in [-0.15, -0.1) is 0 Å². The molecule has 0 bridgehead atoms. The Bertz CT molecular complexity index is 916. The van der Waals surface area contributed by atoms with E-state index in [1.54, 1.807) is 0 Å². The fourth-order valence-electron chi connectivity index (χ4n) is 2.60. The molecule has 0 radical (unpaired) electrons. The lowest BCUT2D eigenvalue weighted by Crippen LogP contribution is -2.21. The van der Waals surface area contributed by atoms with Crippen LogP contribution in [0.15, 0.2) is 58.5 Å². The van der Waals surface area contributed by atoms with Gasteiger partial charge in [0.25, 0.3) is 0 Å². The van der Waals surface area contributed by atoms with Gasteiger partial charge in [-0.1, -0.05) is 49.9 Å². The molecule has 0 aliphatic rings. The number of hydrogen-bond donors (Lipinski definition) is 3. The minimum atomic E-state index is -0.231. The SMILES string of the molecule is C=c1[nH]c(=O)[nH]/c1=C/C=C(C)/C(C)=C/NCC(C)CCc1ccccc1. The van der Waals surface area contributed by atoms with Crippen LogP contribution in [0.1, 0.15) is 32.8 Å². The highest BCUT2D eigenvalue weighted by atomic mass is 16.1. The monoisotopic (exact) mass is 351 g/mol. The molecule has 0 saturated heterocycles. The molecular formula is C22H29N3O. The van der Waals surface area contributed by atoms with Crippen LogP contribution in [0, 0.1) is 5.92 Å². The van der Waals surface area contributed by atoms with Gasteiger partial charge in [0, 0.05) is 6.54 Å². The van der Waals surface area contributed by atoms with Crippen molar-refractivity contribution in [2.24, 2.45) is 5.92 Å². The largest absolute Gasteiger partial charge is 0.390 e. The number of hydrogen-bond acceptors (Lipinski definition) is 2. The van der Waals surface area contributed by atoms with Gasteiger partial charge in [0.05, 0.1) is 10.7 Å². The van der Waals surface area contributed by atoms with Crippen molar-refractivity contribution in [3.05, 3.63) is 80.5 Å². The van der Waals surface area contributed by atoms with Crippen LogP contribution in [0.5, 0.6) is 0 Å². The van der Waals surface area contributed by atoms with E-state index >= 15 is 0 Å². The molecule has 1 unspecified atom stereocenters. The van der Waals surface area contributed by atoms with Gasteiger partial charge >= 0.3 is 5.69 Å². The first-order valence-corrected chi connectivity index (χ1v) is 9.06. The summed E-state index contributed by atoms with van der Waals surface area (Å²) >= 11 is 0. The van der Waals surface area contributed by atoms with Gasteiger partial charge in [0.15, 0.2) is 0 Å².